The number of nitrogens with zero attached hydrogens (tertiary/aromatic N) is 3. The van der Waals surface area contributed by atoms with E-state index in [0.717, 1.165) is 18.9 Å². The fourth-order valence-electron chi connectivity index (χ4n) is 2.10. The Morgan fingerprint density at radius 1 is 1.50 bits per heavy atom. The molecule has 1 fully saturated rings. The van der Waals surface area contributed by atoms with Crippen molar-refractivity contribution in [1.82, 2.24) is 15.0 Å². The molecule has 1 aromatic heterocycles. The summed E-state index contributed by atoms with van der Waals surface area (Å²) in [6, 6.07) is 0. The molecule has 1 saturated heterocycles. The van der Waals surface area contributed by atoms with Crippen LogP contribution in [-0.2, 0) is 11.3 Å². The van der Waals surface area contributed by atoms with E-state index in [1.807, 2.05) is 13.8 Å². The maximum Gasteiger partial charge on any atom is 0.306 e. The number of likely N-dealkylation sites (tertiary alicyclic amines) is 1. The van der Waals surface area contributed by atoms with Crippen molar-refractivity contribution in [3.8, 4) is 0 Å². The highest BCUT2D eigenvalue weighted by molar-refractivity contribution is 5.70. The summed E-state index contributed by atoms with van der Waals surface area (Å²) in [5.74, 6) is 0.725. The number of aromatic nitrogens is 2. The predicted molar refractivity (Wildman–Crippen MR) is 64.0 cm³/mol. The molecule has 0 spiro atoms. The van der Waals surface area contributed by atoms with Crippen LogP contribution in [0.25, 0.3) is 0 Å². The molecule has 0 aromatic carbocycles. The largest absolute Gasteiger partial charge is 0.481 e. The first kappa shape index (κ1) is 13.0. The van der Waals surface area contributed by atoms with Gasteiger partial charge in [0.2, 0.25) is 5.89 Å². The number of rotatable bonds is 4. The summed E-state index contributed by atoms with van der Waals surface area (Å²) >= 11 is 0. The predicted octanol–water partition coefficient (Wildman–Crippen LogP) is 1.49. The van der Waals surface area contributed by atoms with Crippen molar-refractivity contribution in [3.05, 3.63) is 11.7 Å². The second-order valence-electron chi connectivity index (χ2n) is 5.09. The van der Waals surface area contributed by atoms with Crippen molar-refractivity contribution >= 4 is 5.97 Å². The number of piperidine rings is 1. The zero-order chi connectivity index (χ0) is 13.1. The van der Waals surface area contributed by atoms with Gasteiger partial charge in [0.15, 0.2) is 5.82 Å². The molecule has 2 rings (SSSR count). The van der Waals surface area contributed by atoms with E-state index in [1.54, 1.807) is 0 Å². The van der Waals surface area contributed by atoms with Crippen LogP contribution in [0, 0.1) is 5.92 Å². The Bertz CT molecular complexity index is 408. The standard InChI is InChI=1S/C12H19N3O3/c1-8(2)11-13-10(18-14-11)7-15-5-3-9(4-6-15)12(16)17/h8-9H,3-7H2,1-2H3,(H,16,17). The molecule has 0 amide bonds. The minimum Gasteiger partial charge on any atom is -0.481 e. The zero-order valence-electron chi connectivity index (χ0n) is 10.8. The van der Waals surface area contributed by atoms with Crippen LogP contribution in [0.3, 0.4) is 0 Å². The van der Waals surface area contributed by atoms with Gasteiger partial charge in [-0.2, -0.15) is 4.98 Å². The fourth-order valence-corrected chi connectivity index (χ4v) is 2.10. The molecule has 100 valence electrons. The van der Waals surface area contributed by atoms with Gasteiger partial charge in [-0.3, -0.25) is 9.69 Å². The molecule has 6 heteroatoms. The Hall–Kier alpha value is -1.43. The van der Waals surface area contributed by atoms with Crippen LogP contribution in [0.15, 0.2) is 4.52 Å². The van der Waals surface area contributed by atoms with Gasteiger partial charge in [-0.1, -0.05) is 19.0 Å². The van der Waals surface area contributed by atoms with Gasteiger partial charge in [-0.25, -0.2) is 0 Å². The number of hydrogen-bond acceptors (Lipinski definition) is 5. The number of aliphatic carboxylic acids is 1. The van der Waals surface area contributed by atoms with Crippen molar-refractivity contribution in [2.45, 2.75) is 39.2 Å². The minimum absolute atomic E-state index is 0.199. The van der Waals surface area contributed by atoms with Crippen LogP contribution >= 0.6 is 0 Å². The molecule has 1 aromatic rings. The van der Waals surface area contributed by atoms with Crippen molar-refractivity contribution in [1.29, 1.82) is 0 Å². The molecule has 0 radical (unpaired) electrons. The van der Waals surface area contributed by atoms with E-state index in [2.05, 4.69) is 15.0 Å². The second kappa shape index (κ2) is 5.48. The van der Waals surface area contributed by atoms with Gasteiger partial charge < -0.3 is 9.63 Å². The van der Waals surface area contributed by atoms with Gasteiger partial charge in [0.1, 0.15) is 0 Å². The Balaban J connectivity index is 1.85. The topological polar surface area (TPSA) is 79.5 Å². The fraction of sp³-hybridized carbons (Fsp3) is 0.750. The van der Waals surface area contributed by atoms with Crippen molar-refractivity contribution < 1.29 is 14.4 Å². The molecule has 1 N–H and O–H groups in total. The molecule has 1 aliphatic rings. The average Bonchev–Trinajstić information content (AvgIpc) is 2.78. The number of carbonyl (C=O) groups is 1. The average molecular weight is 253 g/mol. The molecular formula is C12H19N3O3. The van der Waals surface area contributed by atoms with Gasteiger partial charge in [0, 0.05) is 5.92 Å². The van der Waals surface area contributed by atoms with Gasteiger partial charge in [0.05, 0.1) is 12.5 Å². The molecule has 1 aliphatic heterocycles. The van der Waals surface area contributed by atoms with Crippen LogP contribution < -0.4 is 0 Å². The molecule has 18 heavy (non-hydrogen) atoms. The highest BCUT2D eigenvalue weighted by Crippen LogP contribution is 2.19. The molecule has 0 saturated carbocycles. The molecule has 0 bridgehead atoms. The summed E-state index contributed by atoms with van der Waals surface area (Å²) < 4.78 is 5.18. The van der Waals surface area contributed by atoms with Crippen molar-refractivity contribution in [2.24, 2.45) is 5.92 Å². The summed E-state index contributed by atoms with van der Waals surface area (Å²) in [5.41, 5.74) is 0. The molecule has 2 heterocycles. The van der Waals surface area contributed by atoms with E-state index in [0.29, 0.717) is 25.3 Å². The summed E-state index contributed by atoms with van der Waals surface area (Å²) in [4.78, 5) is 17.3. The van der Waals surface area contributed by atoms with Gasteiger partial charge in [0.25, 0.3) is 0 Å². The second-order valence-corrected chi connectivity index (χ2v) is 5.09. The van der Waals surface area contributed by atoms with Crippen molar-refractivity contribution in [2.75, 3.05) is 13.1 Å². The SMILES string of the molecule is CC(C)c1noc(CN2CCC(C(=O)O)CC2)n1. The van der Waals surface area contributed by atoms with Gasteiger partial charge in [-0.05, 0) is 25.9 Å². The van der Waals surface area contributed by atoms with Crippen molar-refractivity contribution in [3.63, 3.8) is 0 Å². The Kier molecular flexibility index (Phi) is 3.96. The molecule has 0 atom stereocenters. The quantitative estimate of drug-likeness (QED) is 0.875. The minimum atomic E-state index is -0.686. The van der Waals surface area contributed by atoms with E-state index in [-0.39, 0.29) is 11.8 Å². The summed E-state index contributed by atoms with van der Waals surface area (Å²) in [6.07, 6.45) is 1.39. The van der Waals surface area contributed by atoms with E-state index in [4.69, 9.17) is 9.63 Å². The Morgan fingerprint density at radius 3 is 2.67 bits per heavy atom. The van der Waals surface area contributed by atoms with E-state index >= 15 is 0 Å². The maximum absolute atomic E-state index is 10.8. The lowest BCUT2D eigenvalue weighted by molar-refractivity contribution is -0.143. The third kappa shape index (κ3) is 3.07. The third-order valence-electron chi connectivity index (χ3n) is 3.30. The lowest BCUT2D eigenvalue weighted by Gasteiger charge is -2.28. The normalized spacial score (nSPS) is 18.4. The zero-order valence-corrected chi connectivity index (χ0v) is 10.8. The van der Waals surface area contributed by atoms with Crippen LogP contribution in [0.1, 0.15) is 44.3 Å². The summed E-state index contributed by atoms with van der Waals surface area (Å²) in [6.45, 7) is 6.21. The first-order chi connectivity index (χ1) is 8.56. The van der Waals surface area contributed by atoms with E-state index < -0.39 is 5.97 Å². The molecule has 6 nitrogen and oxygen atoms in total. The van der Waals surface area contributed by atoms with Crippen LogP contribution in [-0.4, -0.2) is 39.2 Å². The van der Waals surface area contributed by atoms with E-state index in [1.165, 1.54) is 0 Å². The van der Waals surface area contributed by atoms with Crippen LogP contribution in [0.4, 0.5) is 0 Å². The van der Waals surface area contributed by atoms with Gasteiger partial charge in [-0.15, -0.1) is 0 Å². The van der Waals surface area contributed by atoms with Crippen LogP contribution in [0.5, 0.6) is 0 Å². The van der Waals surface area contributed by atoms with Crippen LogP contribution in [0.2, 0.25) is 0 Å². The number of hydrogen-bond donors (Lipinski definition) is 1. The monoisotopic (exact) mass is 253 g/mol. The number of carboxylic acids is 1. The lowest BCUT2D eigenvalue weighted by Crippen LogP contribution is -2.35. The smallest absolute Gasteiger partial charge is 0.306 e. The summed E-state index contributed by atoms with van der Waals surface area (Å²) in [7, 11) is 0. The summed E-state index contributed by atoms with van der Waals surface area (Å²) in [5, 5.41) is 12.8. The van der Waals surface area contributed by atoms with Gasteiger partial charge >= 0.3 is 5.97 Å². The third-order valence-corrected chi connectivity index (χ3v) is 3.30. The maximum atomic E-state index is 10.8. The first-order valence-electron chi connectivity index (χ1n) is 6.34. The molecule has 0 unspecified atom stereocenters. The highest BCUT2D eigenvalue weighted by atomic mass is 16.5. The highest BCUT2D eigenvalue weighted by Gasteiger charge is 2.25. The Labute approximate surface area is 106 Å². The molecule has 0 aliphatic carbocycles. The number of carboxylic acid groups (broad SMARTS) is 1. The lowest BCUT2D eigenvalue weighted by atomic mass is 9.97. The first-order valence-corrected chi connectivity index (χ1v) is 6.34. The Morgan fingerprint density at radius 2 is 2.17 bits per heavy atom. The van der Waals surface area contributed by atoms with E-state index in [9.17, 15) is 4.79 Å². The molecular weight excluding hydrogens is 234 g/mol.